The lowest BCUT2D eigenvalue weighted by molar-refractivity contribution is 0.377. The van der Waals surface area contributed by atoms with E-state index in [1.807, 2.05) is 0 Å². The third-order valence-corrected chi connectivity index (χ3v) is 7.33. The van der Waals surface area contributed by atoms with Gasteiger partial charge in [0.25, 0.3) is 0 Å². The molecule has 0 amide bonds. The van der Waals surface area contributed by atoms with E-state index in [2.05, 4.69) is 4.99 Å². The van der Waals surface area contributed by atoms with E-state index in [9.17, 15) is 30.4 Å². The van der Waals surface area contributed by atoms with E-state index in [4.69, 9.17) is 11.5 Å². The van der Waals surface area contributed by atoms with Crippen LogP contribution in [-0.2, 0) is 8.87 Å². The molecule has 1 rings (SSSR count). The Morgan fingerprint density at radius 3 is 1.64 bits per heavy atom. The van der Waals surface area contributed by atoms with Crippen LogP contribution in [0.3, 0.4) is 0 Å². The first-order valence-corrected chi connectivity index (χ1v) is 9.28. The summed E-state index contributed by atoms with van der Waals surface area (Å²) in [5.41, 5.74) is 8.57. The van der Waals surface area contributed by atoms with E-state index in [-0.39, 0.29) is 0 Å². The summed E-state index contributed by atoms with van der Waals surface area (Å²) in [5.74, 6) is -12.1. The fourth-order valence-corrected chi connectivity index (χ4v) is 3.53. The van der Waals surface area contributed by atoms with Crippen molar-refractivity contribution in [2.75, 3.05) is 12.5 Å². The number of aliphatic imine (C=N–C) groups is 1. The minimum absolute atomic E-state index is 0.699. The highest BCUT2D eigenvalue weighted by Gasteiger charge is 2.30. The maximum atomic E-state index is 13.8. The quantitative estimate of drug-likeness (QED) is 0.156. The smallest absolute Gasteiger partial charge is 0.200 e. The van der Waals surface area contributed by atoms with Crippen LogP contribution in [0.15, 0.2) is 4.99 Å². The third kappa shape index (κ3) is 3.38. The van der Waals surface area contributed by atoms with Crippen LogP contribution >= 0.6 is 9.52 Å². The molecule has 0 aliphatic heterocycles. The molecule has 124 valence electrons. The molecule has 0 radical (unpaired) electrons. The Labute approximate surface area is 124 Å². The molecule has 0 aromatic heterocycles. The molecule has 1 unspecified atom stereocenters. The van der Waals surface area contributed by atoms with E-state index in [0.717, 1.165) is 6.26 Å². The van der Waals surface area contributed by atoms with Crippen molar-refractivity contribution in [1.29, 1.82) is 0 Å². The molecule has 1 aromatic carbocycles. The molecular formula is C10H10F5N3O2S2. The van der Waals surface area contributed by atoms with Crippen LogP contribution in [-0.4, -0.2) is 31.9 Å². The summed E-state index contributed by atoms with van der Waals surface area (Å²) in [6.45, 7) is 0. The van der Waals surface area contributed by atoms with Crippen LogP contribution in [0.25, 0.3) is 0 Å². The molecular weight excluding hydrogens is 353 g/mol. The van der Waals surface area contributed by atoms with Crippen molar-refractivity contribution >= 4 is 29.3 Å². The molecule has 0 saturated heterocycles. The van der Waals surface area contributed by atoms with Gasteiger partial charge in [0.1, 0.15) is 4.99 Å². The second kappa shape index (κ2) is 6.20. The molecule has 12 heteroatoms. The number of nitrogens with zero attached hydrogens (tertiary/aromatic N) is 1. The number of hydrogen-bond acceptors (Lipinski definition) is 2. The second-order valence-electron chi connectivity index (χ2n) is 3.94. The number of hydrogen-bond donors (Lipinski definition) is 2. The van der Waals surface area contributed by atoms with Crippen LogP contribution in [0.2, 0.25) is 0 Å². The van der Waals surface area contributed by atoms with Gasteiger partial charge in [-0.2, -0.15) is 0 Å². The lowest BCUT2D eigenvalue weighted by atomic mass is 10.1. The van der Waals surface area contributed by atoms with Crippen molar-refractivity contribution in [3.05, 3.63) is 34.6 Å². The summed E-state index contributed by atoms with van der Waals surface area (Å²) < 4.78 is 90.1. The van der Waals surface area contributed by atoms with Gasteiger partial charge < -0.3 is 11.5 Å². The zero-order valence-electron chi connectivity index (χ0n) is 11.1. The Kier molecular flexibility index (Phi) is 5.18. The van der Waals surface area contributed by atoms with Crippen LogP contribution in [0.1, 0.15) is 5.56 Å². The summed E-state index contributed by atoms with van der Waals surface area (Å²) in [6, 6.07) is 0. The lowest BCUT2D eigenvalue weighted by Crippen LogP contribution is -2.26. The zero-order chi connectivity index (χ0) is 17.4. The molecule has 0 aliphatic rings. The van der Waals surface area contributed by atoms with Crippen molar-refractivity contribution in [3.63, 3.8) is 0 Å². The summed E-state index contributed by atoms with van der Waals surface area (Å²) in [6.07, 6.45) is 1.67. The molecule has 5 nitrogen and oxygen atoms in total. The summed E-state index contributed by atoms with van der Waals surface area (Å²) in [7, 11) is -6.00. The molecule has 0 bridgehead atoms. The minimum Gasteiger partial charge on any atom is -0.370 e. The Morgan fingerprint density at radius 1 is 0.955 bits per heavy atom. The van der Waals surface area contributed by atoms with Crippen LogP contribution in [0.5, 0.6) is 0 Å². The zero-order valence-corrected chi connectivity index (χ0v) is 12.8. The number of rotatable bonds is 2. The highest BCUT2D eigenvalue weighted by Crippen LogP contribution is 2.29. The highest BCUT2D eigenvalue weighted by atomic mass is 33.2. The van der Waals surface area contributed by atoms with Crippen molar-refractivity contribution in [2.45, 2.75) is 0 Å². The van der Waals surface area contributed by atoms with Gasteiger partial charge in [-0.3, -0.25) is 0 Å². The highest BCUT2D eigenvalue weighted by molar-refractivity contribution is 8.79. The summed E-state index contributed by atoms with van der Waals surface area (Å²) >= 11 is 0. The fraction of sp³-hybridized carbons (Fsp3) is 0.200. The van der Waals surface area contributed by atoms with Gasteiger partial charge in [0.2, 0.25) is 5.82 Å². The van der Waals surface area contributed by atoms with Crippen LogP contribution in [0.4, 0.5) is 22.0 Å². The first kappa shape index (κ1) is 18.4. The number of benzene rings is 1. The molecule has 0 spiro atoms. The topological polar surface area (TPSA) is 98.5 Å². The Hall–Kier alpha value is -1.69. The third-order valence-electron chi connectivity index (χ3n) is 2.38. The molecule has 4 N–H and O–H groups in total. The SMILES string of the molecule is C/S(=C(/N=C(N)N)c1c(F)c(F)c(F)c(F)c1F)S(C)(=O)=O. The van der Waals surface area contributed by atoms with E-state index in [0.29, 0.717) is 6.26 Å². The maximum absolute atomic E-state index is 13.8. The molecule has 1 aromatic rings. The van der Waals surface area contributed by atoms with Gasteiger partial charge >= 0.3 is 0 Å². The lowest BCUT2D eigenvalue weighted by Gasteiger charge is -2.12. The predicted octanol–water partition coefficient (Wildman–Crippen LogP) is 0.992. The van der Waals surface area contributed by atoms with Crippen molar-refractivity contribution in [1.82, 2.24) is 0 Å². The Morgan fingerprint density at radius 2 is 1.32 bits per heavy atom. The second-order valence-corrected chi connectivity index (χ2v) is 9.96. The van der Waals surface area contributed by atoms with Crippen LogP contribution in [0, 0.1) is 29.1 Å². The van der Waals surface area contributed by atoms with Crippen LogP contribution < -0.4 is 11.5 Å². The maximum Gasteiger partial charge on any atom is 0.200 e. The van der Waals surface area contributed by atoms with Gasteiger partial charge in [0.15, 0.2) is 38.1 Å². The van der Waals surface area contributed by atoms with E-state index in [1.165, 1.54) is 0 Å². The van der Waals surface area contributed by atoms with E-state index >= 15 is 0 Å². The van der Waals surface area contributed by atoms with Gasteiger partial charge in [-0.05, 0) is 15.8 Å². The van der Waals surface area contributed by atoms with Gasteiger partial charge in [0, 0.05) is 6.26 Å². The predicted molar refractivity (Wildman–Crippen MR) is 74.5 cm³/mol. The first-order valence-electron chi connectivity index (χ1n) is 5.24. The van der Waals surface area contributed by atoms with Gasteiger partial charge in [-0.15, -0.1) is 0 Å². The number of halogens is 5. The normalized spacial score (nSPS) is 13.7. The van der Waals surface area contributed by atoms with E-state index in [1.54, 1.807) is 0 Å². The average molecular weight is 363 g/mol. The molecule has 0 aliphatic carbocycles. The van der Waals surface area contributed by atoms with Gasteiger partial charge in [0.05, 0.1) is 5.56 Å². The number of guanidine groups is 1. The first-order chi connectivity index (χ1) is 9.89. The van der Waals surface area contributed by atoms with Crippen molar-refractivity contribution in [3.8, 4) is 0 Å². The fourth-order valence-electron chi connectivity index (χ4n) is 1.32. The van der Waals surface area contributed by atoms with Gasteiger partial charge in [-0.25, -0.2) is 35.4 Å². The van der Waals surface area contributed by atoms with Gasteiger partial charge in [-0.1, -0.05) is 0 Å². The average Bonchev–Trinajstić information content (AvgIpc) is 2.39. The minimum atomic E-state index is -3.96. The molecule has 0 saturated carbocycles. The molecule has 22 heavy (non-hydrogen) atoms. The molecule has 1 atom stereocenters. The standard InChI is InChI=1S/C10H10F5N3O2S2/c1-21(22(2,19)20)9(18-10(16)17)3-4(11)6(13)8(15)7(14)5(3)12/h1-2H3,(H4,16,17,18). The van der Waals surface area contributed by atoms with E-state index < -0.39 is 64.0 Å². The summed E-state index contributed by atoms with van der Waals surface area (Å²) in [4.78, 5) is 2.27. The van der Waals surface area contributed by atoms with Crippen molar-refractivity contribution < 1.29 is 30.4 Å². The molecule has 0 fully saturated rings. The summed E-state index contributed by atoms with van der Waals surface area (Å²) in [5, 5.41) is 0. The monoisotopic (exact) mass is 363 g/mol. The number of nitrogens with two attached hydrogens (primary N) is 2. The molecule has 0 heterocycles. The Bertz CT molecular complexity index is 772. The largest absolute Gasteiger partial charge is 0.370 e. The Balaban J connectivity index is 4.02. The van der Waals surface area contributed by atoms with Crippen molar-refractivity contribution in [2.24, 2.45) is 16.5 Å².